The average molecular weight is 293 g/mol. The second kappa shape index (κ2) is 7.26. The SMILES string of the molecule is CC(C)CC[C@@H](N)c1ccc(Br)cc1.Cl. The van der Waals surface area contributed by atoms with Gasteiger partial charge in [-0.1, -0.05) is 41.9 Å². The molecule has 0 saturated heterocycles. The lowest BCUT2D eigenvalue weighted by molar-refractivity contribution is 0.507. The van der Waals surface area contributed by atoms with Gasteiger partial charge in [-0.3, -0.25) is 0 Å². The molecule has 0 bridgehead atoms. The Morgan fingerprint density at radius 2 is 1.67 bits per heavy atom. The van der Waals surface area contributed by atoms with E-state index in [1.807, 2.05) is 12.1 Å². The summed E-state index contributed by atoms with van der Waals surface area (Å²) in [5.41, 5.74) is 7.31. The average Bonchev–Trinajstić information content (AvgIpc) is 2.15. The van der Waals surface area contributed by atoms with Gasteiger partial charge in [-0.25, -0.2) is 0 Å². The molecule has 0 aliphatic rings. The van der Waals surface area contributed by atoms with Crippen LogP contribution in [0, 0.1) is 5.92 Å². The van der Waals surface area contributed by atoms with Crippen LogP contribution < -0.4 is 5.73 Å². The minimum atomic E-state index is 0. The first-order chi connectivity index (χ1) is 6.59. The van der Waals surface area contributed by atoms with Crippen LogP contribution in [-0.2, 0) is 0 Å². The lowest BCUT2D eigenvalue weighted by Crippen LogP contribution is -2.10. The van der Waals surface area contributed by atoms with E-state index in [0.717, 1.165) is 16.8 Å². The Balaban J connectivity index is 0.00000196. The molecule has 0 aromatic heterocycles. The Hall–Kier alpha value is -0.0500. The standard InChI is InChI=1S/C12H18BrN.ClH/c1-9(2)3-8-12(14)10-4-6-11(13)7-5-10;/h4-7,9,12H,3,8,14H2,1-2H3;1H/t12-;/m1./s1. The molecule has 0 amide bonds. The molecule has 3 heteroatoms. The Morgan fingerprint density at radius 1 is 1.13 bits per heavy atom. The summed E-state index contributed by atoms with van der Waals surface area (Å²) in [6.45, 7) is 4.46. The number of hydrogen-bond acceptors (Lipinski definition) is 1. The third-order valence-electron chi connectivity index (χ3n) is 2.35. The molecular weight excluding hydrogens is 273 g/mol. The quantitative estimate of drug-likeness (QED) is 0.879. The van der Waals surface area contributed by atoms with E-state index in [-0.39, 0.29) is 18.4 Å². The van der Waals surface area contributed by atoms with E-state index >= 15 is 0 Å². The normalized spacial score (nSPS) is 12.3. The fourth-order valence-corrected chi connectivity index (χ4v) is 1.65. The van der Waals surface area contributed by atoms with E-state index in [1.165, 1.54) is 12.0 Å². The summed E-state index contributed by atoms with van der Waals surface area (Å²) in [7, 11) is 0. The molecule has 0 aliphatic heterocycles. The highest BCUT2D eigenvalue weighted by molar-refractivity contribution is 9.10. The Kier molecular flexibility index (Phi) is 7.24. The van der Waals surface area contributed by atoms with Gasteiger partial charge in [0, 0.05) is 10.5 Å². The van der Waals surface area contributed by atoms with Crippen molar-refractivity contribution < 1.29 is 0 Å². The number of rotatable bonds is 4. The predicted octanol–water partition coefficient (Wildman–Crippen LogP) is 4.31. The van der Waals surface area contributed by atoms with E-state index in [4.69, 9.17) is 5.73 Å². The van der Waals surface area contributed by atoms with Crippen LogP contribution in [0.2, 0.25) is 0 Å². The summed E-state index contributed by atoms with van der Waals surface area (Å²) in [5.74, 6) is 0.733. The monoisotopic (exact) mass is 291 g/mol. The molecule has 0 aliphatic carbocycles. The van der Waals surface area contributed by atoms with Crippen LogP contribution in [0.3, 0.4) is 0 Å². The Labute approximate surface area is 107 Å². The summed E-state index contributed by atoms with van der Waals surface area (Å²) >= 11 is 3.42. The van der Waals surface area contributed by atoms with Crippen molar-refractivity contribution in [3.8, 4) is 0 Å². The maximum atomic E-state index is 6.08. The fraction of sp³-hybridized carbons (Fsp3) is 0.500. The summed E-state index contributed by atoms with van der Waals surface area (Å²) in [5, 5.41) is 0. The molecule has 0 unspecified atom stereocenters. The molecule has 15 heavy (non-hydrogen) atoms. The van der Waals surface area contributed by atoms with E-state index < -0.39 is 0 Å². The van der Waals surface area contributed by atoms with Gasteiger partial charge in [0.05, 0.1) is 0 Å². The van der Waals surface area contributed by atoms with Gasteiger partial charge in [0.25, 0.3) is 0 Å². The van der Waals surface area contributed by atoms with Crippen LogP contribution in [0.1, 0.15) is 38.3 Å². The molecule has 2 N–H and O–H groups in total. The van der Waals surface area contributed by atoms with Gasteiger partial charge in [-0.15, -0.1) is 12.4 Å². The largest absolute Gasteiger partial charge is 0.324 e. The molecule has 86 valence electrons. The lowest BCUT2D eigenvalue weighted by Gasteiger charge is -2.13. The van der Waals surface area contributed by atoms with Gasteiger partial charge in [-0.05, 0) is 36.5 Å². The number of benzene rings is 1. The number of hydrogen-bond donors (Lipinski definition) is 1. The number of halogens is 2. The zero-order valence-corrected chi connectivity index (χ0v) is 11.6. The van der Waals surface area contributed by atoms with Crippen LogP contribution in [0.5, 0.6) is 0 Å². The van der Waals surface area contributed by atoms with Gasteiger partial charge >= 0.3 is 0 Å². The molecule has 1 atom stereocenters. The van der Waals surface area contributed by atoms with E-state index in [9.17, 15) is 0 Å². The highest BCUT2D eigenvalue weighted by Gasteiger charge is 2.06. The third-order valence-corrected chi connectivity index (χ3v) is 2.88. The highest BCUT2D eigenvalue weighted by Crippen LogP contribution is 2.20. The molecule has 1 aromatic rings. The van der Waals surface area contributed by atoms with Gasteiger partial charge < -0.3 is 5.73 Å². The first-order valence-electron chi connectivity index (χ1n) is 5.10. The van der Waals surface area contributed by atoms with Crippen LogP contribution in [0.25, 0.3) is 0 Å². The molecule has 0 radical (unpaired) electrons. The van der Waals surface area contributed by atoms with Crippen LogP contribution >= 0.6 is 28.3 Å². The Morgan fingerprint density at radius 3 is 2.13 bits per heavy atom. The van der Waals surface area contributed by atoms with Crippen LogP contribution in [0.15, 0.2) is 28.7 Å². The molecule has 1 nitrogen and oxygen atoms in total. The lowest BCUT2D eigenvalue weighted by atomic mass is 9.98. The highest BCUT2D eigenvalue weighted by atomic mass is 79.9. The molecular formula is C12H19BrClN. The minimum Gasteiger partial charge on any atom is -0.324 e. The van der Waals surface area contributed by atoms with Crippen molar-refractivity contribution in [2.75, 3.05) is 0 Å². The summed E-state index contributed by atoms with van der Waals surface area (Å²) in [4.78, 5) is 0. The van der Waals surface area contributed by atoms with E-state index in [0.29, 0.717) is 0 Å². The summed E-state index contributed by atoms with van der Waals surface area (Å²) < 4.78 is 1.11. The van der Waals surface area contributed by atoms with Crippen molar-refractivity contribution in [1.29, 1.82) is 0 Å². The van der Waals surface area contributed by atoms with Crippen molar-refractivity contribution in [2.45, 2.75) is 32.7 Å². The molecule has 0 heterocycles. The van der Waals surface area contributed by atoms with Gasteiger partial charge in [0.15, 0.2) is 0 Å². The second-order valence-electron chi connectivity index (χ2n) is 4.13. The topological polar surface area (TPSA) is 26.0 Å². The van der Waals surface area contributed by atoms with Gasteiger partial charge in [-0.2, -0.15) is 0 Å². The fourth-order valence-electron chi connectivity index (χ4n) is 1.39. The summed E-state index contributed by atoms with van der Waals surface area (Å²) in [6, 6.07) is 8.46. The van der Waals surface area contributed by atoms with Crippen molar-refractivity contribution in [3.05, 3.63) is 34.3 Å². The minimum absolute atomic E-state index is 0. The molecule has 1 rings (SSSR count). The predicted molar refractivity (Wildman–Crippen MR) is 72.4 cm³/mol. The molecule has 0 saturated carbocycles. The summed E-state index contributed by atoms with van der Waals surface area (Å²) in [6.07, 6.45) is 2.26. The second-order valence-corrected chi connectivity index (χ2v) is 5.04. The van der Waals surface area contributed by atoms with Gasteiger partial charge in [0.2, 0.25) is 0 Å². The van der Waals surface area contributed by atoms with Crippen molar-refractivity contribution in [2.24, 2.45) is 11.7 Å². The van der Waals surface area contributed by atoms with E-state index in [1.54, 1.807) is 0 Å². The maximum Gasteiger partial charge on any atom is 0.0294 e. The third kappa shape index (κ3) is 5.55. The smallest absolute Gasteiger partial charge is 0.0294 e. The van der Waals surface area contributed by atoms with Gasteiger partial charge in [0.1, 0.15) is 0 Å². The zero-order chi connectivity index (χ0) is 10.6. The zero-order valence-electron chi connectivity index (χ0n) is 9.24. The van der Waals surface area contributed by atoms with E-state index in [2.05, 4.69) is 41.9 Å². The van der Waals surface area contributed by atoms with Crippen LogP contribution in [-0.4, -0.2) is 0 Å². The van der Waals surface area contributed by atoms with Crippen molar-refractivity contribution >= 4 is 28.3 Å². The Bertz CT molecular complexity index is 271. The molecule has 0 spiro atoms. The maximum absolute atomic E-state index is 6.08. The molecule has 1 aromatic carbocycles. The van der Waals surface area contributed by atoms with Crippen molar-refractivity contribution in [3.63, 3.8) is 0 Å². The van der Waals surface area contributed by atoms with Crippen LogP contribution in [0.4, 0.5) is 0 Å². The van der Waals surface area contributed by atoms with Crippen molar-refractivity contribution in [1.82, 2.24) is 0 Å². The number of nitrogens with two attached hydrogens (primary N) is 1. The first-order valence-corrected chi connectivity index (χ1v) is 5.90. The first kappa shape index (κ1) is 14.9. The molecule has 0 fully saturated rings.